The second-order valence-electron chi connectivity index (χ2n) is 15.8. The van der Waals surface area contributed by atoms with Crippen molar-refractivity contribution in [2.24, 2.45) is 10.8 Å². The van der Waals surface area contributed by atoms with Crippen LogP contribution in [0.4, 0.5) is 0 Å². The van der Waals surface area contributed by atoms with Crippen LogP contribution in [0, 0.1) is 10.8 Å². The van der Waals surface area contributed by atoms with Gasteiger partial charge < -0.3 is 9.47 Å². The lowest BCUT2D eigenvalue weighted by Crippen LogP contribution is -2.76. The largest absolute Gasteiger partial charge is 0.485 e. The average molecular weight is 565 g/mol. The first-order valence-corrected chi connectivity index (χ1v) is 15.7. The molecule has 5 heterocycles. The van der Waals surface area contributed by atoms with E-state index in [0.717, 1.165) is 47.0 Å². The summed E-state index contributed by atoms with van der Waals surface area (Å²) in [6, 6.07) is 13.3. The van der Waals surface area contributed by atoms with Gasteiger partial charge in [-0.2, -0.15) is 4.40 Å². The van der Waals surface area contributed by atoms with Gasteiger partial charge in [-0.15, -0.1) is 0 Å². The minimum atomic E-state index is -0.458. The Kier molecular flexibility index (Phi) is 5.35. The molecule has 1 aliphatic carbocycles. The maximum Gasteiger partial charge on any atom is 0.288 e. The summed E-state index contributed by atoms with van der Waals surface area (Å²) < 4.78 is 19.5. The van der Waals surface area contributed by atoms with Gasteiger partial charge in [-0.3, -0.25) is 0 Å². The molecule has 0 amide bonds. The highest BCUT2D eigenvalue weighted by molar-refractivity contribution is 6.06. The van der Waals surface area contributed by atoms with Gasteiger partial charge in [0.2, 0.25) is 5.52 Å². The fraction of sp³-hybridized carbons (Fsp3) is 0.514. The zero-order valence-corrected chi connectivity index (χ0v) is 27.3. The van der Waals surface area contributed by atoms with Crippen LogP contribution in [0.25, 0.3) is 27.6 Å². The number of aromatic nitrogens is 3. The molecule has 3 aromatic heterocycles. The van der Waals surface area contributed by atoms with E-state index in [9.17, 15) is 0 Å². The Labute approximate surface area is 250 Å². The summed E-state index contributed by atoms with van der Waals surface area (Å²) in [4.78, 5) is 5.42. The van der Waals surface area contributed by atoms with Crippen LogP contribution < -0.4 is 4.57 Å². The van der Waals surface area contributed by atoms with Gasteiger partial charge in [0, 0.05) is 22.3 Å². The van der Waals surface area contributed by atoms with Crippen molar-refractivity contribution in [2.45, 2.75) is 111 Å². The van der Waals surface area contributed by atoms with Gasteiger partial charge in [0.05, 0.1) is 22.8 Å². The summed E-state index contributed by atoms with van der Waals surface area (Å²) in [5.41, 5.74) is 5.82. The Morgan fingerprint density at radius 1 is 0.881 bits per heavy atom. The molecule has 3 atom stereocenters. The van der Waals surface area contributed by atoms with E-state index in [4.69, 9.17) is 14.5 Å². The van der Waals surface area contributed by atoms with Crippen LogP contribution in [-0.4, -0.2) is 15.5 Å². The van der Waals surface area contributed by atoms with Crippen molar-refractivity contribution in [3.8, 4) is 0 Å². The van der Waals surface area contributed by atoms with Gasteiger partial charge in [-0.1, -0.05) is 94.4 Å². The van der Waals surface area contributed by atoms with E-state index in [-0.39, 0.29) is 22.3 Å². The minimum Gasteiger partial charge on any atom is -0.485 e. The molecule has 220 valence electrons. The van der Waals surface area contributed by atoms with E-state index >= 15 is 0 Å². The quantitative estimate of drug-likeness (QED) is 0.229. The summed E-state index contributed by atoms with van der Waals surface area (Å²) in [6.07, 6.45) is 6.11. The summed E-state index contributed by atoms with van der Waals surface area (Å²) in [6.45, 7) is 25.0. The first-order valence-electron chi connectivity index (χ1n) is 15.7. The molecule has 2 aliphatic heterocycles. The first kappa shape index (κ1) is 27.5. The maximum absolute atomic E-state index is 7.24. The van der Waals surface area contributed by atoms with Crippen LogP contribution in [0.15, 0.2) is 65.9 Å². The topological polar surface area (TPSA) is 39.6 Å². The highest BCUT2D eigenvalue weighted by Crippen LogP contribution is 2.67. The van der Waals surface area contributed by atoms with E-state index < -0.39 is 11.0 Å². The van der Waals surface area contributed by atoms with Gasteiger partial charge in [-0.25, -0.2) is 9.55 Å². The number of nitrogens with zero attached hydrogens (tertiary/aromatic N) is 3. The highest BCUT2D eigenvalue weighted by atomic mass is 16.5. The fourth-order valence-electron chi connectivity index (χ4n) is 8.08. The molecule has 0 saturated carbocycles. The van der Waals surface area contributed by atoms with Crippen molar-refractivity contribution >= 4 is 27.6 Å². The second-order valence-corrected chi connectivity index (χ2v) is 15.8. The van der Waals surface area contributed by atoms with Gasteiger partial charge in [0.1, 0.15) is 17.3 Å². The van der Waals surface area contributed by atoms with E-state index in [1.165, 1.54) is 22.0 Å². The number of rotatable bonds is 2. The van der Waals surface area contributed by atoms with Crippen LogP contribution in [0.3, 0.4) is 0 Å². The molecule has 4 aromatic rings. The maximum atomic E-state index is 7.24. The van der Waals surface area contributed by atoms with Gasteiger partial charge in [0.15, 0.2) is 22.6 Å². The Hall–Kier alpha value is -3.34. The summed E-state index contributed by atoms with van der Waals surface area (Å²) >= 11 is 0. The molecule has 0 spiro atoms. The minimum absolute atomic E-state index is 0.104. The van der Waals surface area contributed by atoms with Crippen molar-refractivity contribution in [3.05, 3.63) is 77.2 Å². The number of ether oxygens (including phenoxy) is 2. The summed E-state index contributed by atoms with van der Waals surface area (Å²) in [5.74, 6) is 2.95. The van der Waals surface area contributed by atoms with Crippen LogP contribution in [0.5, 0.6) is 0 Å². The van der Waals surface area contributed by atoms with Crippen molar-refractivity contribution < 1.29 is 14.0 Å². The molecule has 1 aromatic carbocycles. The third-order valence-electron chi connectivity index (χ3n) is 10.1. The highest BCUT2D eigenvalue weighted by Gasteiger charge is 2.75. The van der Waals surface area contributed by atoms with Crippen LogP contribution >= 0.6 is 0 Å². The molecule has 0 saturated heterocycles. The lowest BCUT2D eigenvalue weighted by atomic mass is 9.50. The summed E-state index contributed by atoms with van der Waals surface area (Å²) in [5, 5.41) is 1.24. The molecule has 0 bridgehead atoms. The Morgan fingerprint density at radius 2 is 1.62 bits per heavy atom. The van der Waals surface area contributed by atoms with E-state index in [0.29, 0.717) is 0 Å². The third kappa shape index (κ3) is 3.10. The Balaban J connectivity index is 1.70. The number of imidazole rings is 1. The summed E-state index contributed by atoms with van der Waals surface area (Å²) in [7, 11) is 0. The van der Waals surface area contributed by atoms with E-state index in [1.54, 1.807) is 0 Å². The molecule has 5 heteroatoms. The zero-order valence-electron chi connectivity index (χ0n) is 27.3. The van der Waals surface area contributed by atoms with E-state index in [1.807, 2.05) is 0 Å². The smallest absolute Gasteiger partial charge is 0.288 e. The predicted molar refractivity (Wildman–Crippen MR) is 169 cm³/mol. The lowest BCUT2D eigenvalue weighted by molar-refractivity contribution is -0.732. The van der Waals surface area contributed by atoms with Crippen LogP contribution in [0.2, 0.25) is 0 Å². The molecule has 5 nitrogen and oxygen atoms in total. The Bertz CT molecular complexity index is 1870. The molecule has 42 heavy (non-hydrogen) atoms. The zero-order chi connectivity index (χ0) is 30.2. The van der Waals surface area contributed by atoms with Crippen molar-refractivity contribution in [1.82, 2.24) is 9.38 Å². The molecule has 3 unspecified atom stereocenters. The number of allylic oxidation sites excluding steroid dienone is 3. The third-order valence-corrected chi connectivity index (χ3v) is 10.1. The Morgan fingerprint density at radius 3 is 2.24 bits per heavy atom. The SMILES string of the molecule is CCC12C3=C(OC(C(C)(C)C)=CC(C(C)(C)C)O3)C1(CC)[n+]1c3c4c2cccc4nc(C(C)(C)C)c3n2ccccc21. The lowest BCUT2D eigenvalue weighted by Gasteiger charge is -2.58. The van der Waals surface area contributed by atoms with Crippen molar-refractivity contribution in [2.75, 3.05) is 0 Å². The second kappa shape index (κ2) is 8.18. The number of hydrogen-bond acceptors (Lipinski definition) is 3. The number of fused-ring (bicyclic) bond motifs is 8. The van der Waals surface area contributed by atoms with Crippen LogP contribution in [0.1, 0.15) is 100 Å². The molecule has 0 N–H and O–H groups in total. The van der Waals surface area contributed by atoms with Crippen molar-refractivity contribution in [3.63, 3.8) is 0 Å². The predicted octanol–water partition coefficient (Wildman–Crippen LogP) is 8.61. The number of benzene rings is 1. The molecular weight excluding hydrogens is 518 g/mol. The normalized spacial score (nSPS) is 25.6. The number of hydrogen-bond donors (Lipinski definition) is 0. The molecule has 0 radical (unpaired) electrons. The number of pyridine rings is 2. The average Bonchev–Trinajstić information content (AvgIpc) is 3.11. The standard InChI is InChI=1S/C37H46N3O2/c1-12-36-22-17-16-18-23-27(22)28-29(30(38-23)35(9,10)11)39-20-15-14-19-26(39)40(28)37(36,13-2)32-31(36)41-24(33(3,4)5)21-25(42-32)34(6,7)8/h14-21,24H,12-13H2,1-11H3/q+1. The van der Waals surface area contributed by atoms with Crippen molar-refractivity contribution in [1.29, 1.82) is 0 Å². The first-order chi connectivity index (χ1) is 19.6. The fourth-order valence-corrected chi connectivity index (χ4v) is 8.08. The molecular formula is C37H46N3O2+. The van der Waals surface area contributed by atoms with Gasteiger partial charge in [0.25, 0.3) is 5.65 Å². The van der Waals surface area contributed by atoms with E-state index in [2.05, 4.69) is 134 Å². The molecule has 3 aliphatic rings. The molecule has 7 rings (SSSR count). The van der Waals surface area contributed by atoms with Crippen LogP contribution in [-0.2, 0) is 25.8 Å². The van der Waals surface area contributed by atoms with Gasteiger partial charge >= 0.3 is 0 Å². The van der Waals surface area contributed by atoms with Gasteiger partial charge in [-0.05, 0) is 36.6 Å². The monoisotopic (exact) mass is 564 g/mol. The molecule has 0 fully saturated rings.